The quantitative estimate of drug-likeness (QED) is 0.559. The molecule has 0 unspecified atom stereocenters. The van der Waals surface area contributed by atoms with Crippen LogP contribution >= 0.6 is 11.6 Å². The third-order valence-electron chi connectivity index (χ3n) is 4.87. The zero-order valence-electron chi connectivity index (χ0n) is 17.3. The van der Waals surface area contributed by atoms with E-state index >= 15 is 0 Å². The highest BCUT2D eigenvalue weighted by molar-refractivity contribution is 6.34. The number of nitrogens with one attached hydrogen (secondary N) is 1. The van der Waals surface area contributed by atoms with Gasteiger partial charge in [-0.2, -0.15) is 18.3 Å². The number of hydrogen-bond acceptors (Lipinski definition) is 3. The summed E-state index contributed by atoms with van der Waals surface area (Å²) >= 11 is 5.91. The normalized spacial score (nSPS) is 11.7. The summed E-state index contributed by atoms with van der Waals surface area (Å²) in [4.78, 5) is 14.2. The van der Waals surface area contributed by atoms with Crippen LogP contribution in [0.1, 0.15) is 22.5 Å². The first-order valence-electron chi connectivity index (χ1n) is 9.52. The fraction of sp³-hybridized carbons (Fsp3) is 0.273. The molecule has 3 rings (SSSR count). The van der Waals surface area contributed by atoms with E-state index in [4.69, 9.17) is 11.6 Å². The molecule has 1 heterocycles. The van der Waals surface area contributed by atoms with E-state index in [-0.39, 0.29) is 11.6 Å². The highest BCUT2D eigenvalue weighted by Gasteiger charge is 2.34. The van der Waals surface area contributed by atoms with Crippen LogP contribution in [0, 0.1) is 13.8 Å². The lowest BCUT2D eigenvalue weighted by atomic mass is 10.1. The number of nitrogens with zero attached hydrogens (tertiary/aromatic N) is 3. The van der Waals surface area contributed by atoms with Gasteiger partial charge < -0.3 is 5.32 Å². The van der Waals surface area contributed by atoms with Crippen molar-refractivity contribution in [2.45, 2.75) is 26.6 Å². The van der Waals surface area contributed by atoms with Gasteiger partial charge in [0.2, 0.25) is 5.91 Å². The second-order valence-corrected chi connectivity index (χ2v) is 7.68. The minimum absolute atomic E-state index is 0.113. The monoisotopic (exact) mass is 450 g/mol. The van der Waals surface area contributed by atoms with Crippen molar-refractivity contribution >= 4 is 23.2 Å². The molecule has 0 bridgehead atoms. The van der Waals surface area contributed by atoms with Gasteiger partial charge in [-0.25, -0.2) is 4.68 Å². The SMILES string of the molecule is Cc1nn(-c2ccccc2)c(C)c1CN(C)CC(=O)Nc1c(Cl)cccc1C(F)(F)F. The average Bonchev–Trinajstić information content (AvgIpc) is 2.97. The molecule has 164 valence electrons. The van der Waals surface area contributed by atoms with Gasteiger partial charge in [-0.3, -0.25) is 9.69 Å². The van der Waals surface area contributed by atoms with Gasteiger partial charge in [-0.1, -0.05) is 35.9 Å². The standard InChI is InChI=1S/C22H22ClF3N4O/c1-14-17(15(2)30(28-14)16-8-5-4-6-9-16)12-29(3)13-20(31)27-21-18(22(24,25)26)10-7-11-19(21)23/h4-11H,12-13H2,1-3H3,(H,27,31). The molecule has 0 spiro atoms. The number of likely N-dealkylation sites (N-methyl/N-ethyl adjacent to an activating group) is 1. The van der Waals surface area contributed by atoms with E-state index in [1.54, 1.807) is 11.9 Å². The summed E-state index contributed by atoms with van der Waals surface area (Å²) in [5.41, 5.74) is 2.22. The van der Waals surface area contributed by atoms with Crippen LogP contribution in [0.2, 0.25) is 5.02 Å². The average molecular weight is 451 g/mol. The van der Waals surface area contributed by atoms with Crippen molar-refractivity contribution in [2.24, 2.45) is 0 Å². The van der Waals surface area contributed by atoms with Crippen LogP contribution in [0.3, 0.4) is 0 Å². The molecule has 2 aromatic carbocycles. The lowest BCUT2D eigenvalue weighted by Crippen LogP contribution is -2.31. The van der Waals surface area contributed by atoms with E-state index in [0.29, 0.717) is 6.54 Å². The van der Waals surface area contributed by atoms with Gasteiger partial charge in [-0.05, 0) is 45.2 Å². The van der Waals surface area contributed by atoms with E-state index in [0.717, 1.165) is 28.7 Å². The molecule has 9 heteroatoms. The summed E-state index contributed by atoms with van der Waals surface area (Å²) in [6.07, 6.45) is -4.63. The Morgan fingerprint density at radius 1 is 1.13 bits per heavy atom. The molecule has 31 heavy (non-hydrogen) atoms. The second kappa shape index (κ2) is 9.11. The molecule has 0 radical (unpaired) electrons. The third kappa shape index (κ3) is 5.26. The van der Waals surface area contributed by atoms with Gasteiger partial charge in [0.05, 0.1) is 34.2 Å². The molecule has 0 aliphatic rings. The van der Waals surface area contributed by atoms with Crippen molar-refractivity contribution in [1.82, 2.24) is 14.7 Å². The van der Waals surface area contributed by atoms with Gasteiger partial charge in [0, 0.05) is 17.8 Å². The topological polar surface area (TPSA) is 50.2 Å². The Balaban J connectivity index is 1.72. The molecule has 3 aromatic rings. The number of para-hydroxylation sites is 2. The van der Waals surface area contributed by atoms with E-state index in [2.05, 4.69) is 10.4 Å². The van der Waals surface area contributed by atoms with Gasteiger partial charge in [0.25, 0.3) is 0 Å². The van der Waals surface area contributed by atoms with Crippen molar-refractivity contribution in [3.05, 3.63) is 76.1 Å². The predicted octanol–water partition coefficient (Wildman–Crippen LogP) is 5.23. The minimum atomic E-state index is -4.63. The second-order valence-electron chi connectivity index (χ2n) is 7.28. The minimum Gasteiger partial charge on any atom is -0.323 e. The first-order valence-corrected chi connectivity index (χ1v) is 9.90. The molecule has 1 aromatic heterocycles. The largest absolute Gasteiger partial charge is 0.418 e. The fourth-order valence-electron chi connectivity index (χ4n) is 3.36. The van der Waals surface area contributed by atoms with E-state index < -0.39 is 23.3 Å². The Hall–Kier alpha value is -2.84. The number of carbonyl (C=O) groups is 1. The molecular weight excluding hydrogens is 429 g/mol. The van der Waals surface area contributed by atoms with Crippen LogP contribution in [0.15, 0.2) is 48.5 Å². The smallest absolute Gasteiger partial charge is 0.323 e. The maximum atomic E-state index is 13.2. The van der Waals surface area contributed by atoms with Crippen molar-refractivity contribution in [2.75, 3.05) is 18.9 Å². The Bertz CT molecular complexity index is 1080. The molecule has 0 saturated heterocycles. The molecule has 0 aliphatic heterocycles. The van der Waals surface area contributed by atoms with Crippen LogP contribution in [-0.4, -0.2) is 34.2 Å². The lowest BCUT2D eigenvalue weighted by Gasteiger charge is -2.19. The van der Waals surface area contributed by atoms with E-state index in [1.165, 1.54) is 12.1 Å². The van der Waals surface area contributed by atoms with Crippen molar-refractivity contribution in [1.29, 1.82) is 0 Å². The lowest BCUT2D eigenvalue weighted by molar-refractivity contribution is -0.137. The summed E-state index contributed by atoms with van der Waals surface area (Å²) in [5, 5.41) is 6.72. The Morgan fingerprint density at radius 2 is 1.81 bits per heavy atom. The number of aromatic nitrogens is 2. The van der Waals surface area contributed by atoms with E-state index in [9.17, 15) is 18.0 Å². The number of amides is 1. The van der Waals surface area contributed by atoms with Crippen molar-refractivity contribution < 1.29 is 18.0 Å². The fourth-order valence-corrected chi connectivity index (χ4v) is 3.58. The van der Waals surface area contributed by atoms with Gasteiger partial charge in [0.15, 0.2) is 0 Å². The van der Waals surface area contributed by atoms with Crippen molar-refractivity contribution in [3.8, 4) is 5.69 Å². The maximum absolute atomic E-state index is 13.2. The van der Waals surface area contributed by atoms with E-state index in [1.807, 2.05) is 48.9 Å². The zero-order chi connectivity index (χ0) is 22.8. The molecule has 5 nitrogen and oxygen atoms in total. The van der Waals surface area contributed by atoms with Gasteiger partial charge in [0.1, 0.15) is 0 Å². The van der Waals surface area contributed by atoms with Crippen LogP contribution < -0.4 is 5.32 Å². The molecule has 0 aliphatic carbocycles. The number of halogens is 4. The molecule has 1 N–H and O–H groups in total. The summed E-state index contributed by atoms with van der Waals surface area (Å²) in [6.45, 7) is 4.12. The predicted molar refractivity (Wildman–Crippen MR) is 114 cm³/mol. The van der Waals surface area contributed by atoms with Gasteiger partial charge >= 0.3 is 6.18 Å². The first kappa shape index (κ1) is 22.8. The number of rotatable bonds is 6. The molecule has 0 saturated carbocycles. The van der Waals surface area contributed by atoms with Crippen molar-refractivity contribution in [3.63, 3.8) is 0 Å². The zero-order valence-corrected chi connectivity index (χ0v) is 18.1. The van der Waals surface area contributed by atoms with Crippen LogP contribution in [0.25, 0.3) is 5.69 Å². The van der Waals surface area contributed by atoms with Crippen LogP contribution in [0.4, 0.5) is 18.9 Å². The number of hydrogen-bond donors (Lipinski definition) is 1. The Kier molecular flexibility index (Phi) is 6.71. The molecule has 1 amide bonds. The maximum Gasteiger partial charge on any atom is 0.418 e. The van der Waals surface area contributed by atoms with Crippen LogP contribution in [0.5, 0.6) is 0 Å². The number of anilines is 1. The summed E-state index contributed by atoms with van der Waals surface area (Å²) < 4.78 is 41.5. The number of alkyl halides is 3. The highest BCUT2D eigenvalue weighted by Crippen LogP contribution is 2.38. The first-order chi connectivity index (χ1) is 14.6. The third-order valence-corrected chi connectivity index (χ3v) is 5.18. The summed E-state index contributed by atoms with van der Waals surface area (Å²) in [6, 6.07) is 13.0. The number of carbonyl (C=O) groups excluding carboxylic acids is 1. The highest BCUT2D eigenvalue weighted by atomic mass is 35.5. The molecule has 0 atom stereocenters. The van der Waals surface area contributed by atoms with Crippen LogP contribution in [-0.2, 0) is 17.5 Å². The number of aryl methyl sites for hydroxylation is 1. The molecular formula is C22H22ClF3N4O. The Labute approximate surface area is 183 Å². The van der Waals surface area contributed by atoms with Gasteiger partial charge in [-0.15, -0.1) is 0 Å². The Morgan fingerprint density at radius 3 is 2.45 bits per heavy atom. The summed E-state index contributed by atoms with van der Waals surface area (Å²) in [7, 11) is 1.72. The number of benzene rings is 2. The summed E-state index contributed by atoms with van der Waals surface area (Å²) in [5.74, 6) is -0.591. The molecule has 0 fully saturated rings.